The minimum absolute atomic E-state index is 0.322. The Bertz CT molecular complexity index is 306. The monoisotopic (exact) mass is 316 g/mol. The molecule has 0 bridgehead atoms. The van der Waals surface area contributed by atoms with Crippen molar-refractivity contribution in [3.05, 3.63) is 33.4 Å². The van der Waals surface area contributed by atoms with Crippen molar-refractivity contribution in [3.63, 3.8) is 0 Å². The van der Waals surface area contributed by atoms with Crippen LogP contribution in [0.1, 0.15) is 37.3 Å². The third-order valence-electron chi connectivity index (χ3n) is 3.03. The van der Waals surface area contributed by atoms with E-state index in [0.29, 0.717) is 6.04 Å². The van der Waals surface area contributed by atoms with Crippen LogP contribution in [0.15, 0.2) is 24.3 Å². The Hall–Kier alpha value is -0.130. The van der Waals surface area contributed by atoms with E-state index in [0.717, 1.165) is 12.3 Å². The lowest BCUT2D eigenvalue weighted by molar-refractivity contribution is 0.482. The van der Waals surface area contributed by atoms with Crippen LogP contribution in [-0.2, 0) is 0 Å². The van der Waals surface area contributed by atoms with E-state index in [1.807, 2.05) is 0 Å². The standard InChI is InChI=1S/C12H17IN2/c13-11-6-4-10(5-7-11)12(15-14)8-3-9-1-2-9/h4-7,9,12,15H,1-3,8,14H2. The van der Waals surface area contributed by atoms with Gasteiger partial charge in [0.1, 0.15) is 0 Å². The molecule has 0 spiro atoms. The van der Waals surface area contributed by atoms with Gasteiger partial charge in [0.05, 0.1) is 0 Å². The second-order valence-electron chi connectivity index (χ2n) is 4.29. The number of nitrogens with two attached hydrogens (primary N) is 1. The second-order valence-corrected chi connectivity index (χ2v) is 5.54. The Morgan fingerprint density at radius 1 is 1.33 bits per heavy atom. The van der Waals surface area contributed by atoms with Crippen molar-refractivity contribution in [2.75, 3.05) is 0 Å². The summed E-state index contributed by atoms with van der Waals surface area (Å²) in [6, 6.07) is 8.93. The van der Waals surface area contributed by atoms with Crippen molar-refractivity contribution >= 4 is 22.6 Å². The van der Waals surface area contributed by atoms with Crippen molar-refractivity contribution in [1.29, 1.82) is 0 Å². The predicted octanol–water partition coefficient (Wildman–Crippen LogP) is 2.99. The minimum Gasteiger partial charge on any atom is -0.271 e. The maximum Gasteiger partial charge on any atom is 0.0460 e. The summed E-state index contributed by atoms with van der Waals surface area (Å²) in [5, 5.41) is 0. The predicted molar refractivity (Wildman–Crippen MR) is 71.2 cm³/mol. The lowest BCUT2D eigenvalue weighted by Crippen LogP contribution is -2.28. The van der Waals surface area contributed by atoms with E-state index in [1.54, 1.807) is 0 Å². The molecule has 0 amide bonds. The number of rotatable bonds is 5. The van der Waals surface area contributed by atoms with Gasteiger partial charge in [-0.1, -0.05) is 25.0 Å². The molecular formula is C12H17IN2. The summed E-state index contributed by atoms with van der Waals surface area (Å²) in [6.07, 6.45) is 5.30. The van der Waals surface area contributed by atoms with Crippen LogP contribution in [0.25, 0.3) is 0 Å². The summed E-state index contributed by atoms with van der Waals surface area (Å²) in [4.78, 5) is 0. The van der Waals surface area contributed by atoms with Crippen LogP contribution in [0, 0.1) is 9.49 Å². The number of hydrogen-bond donors (Lipinski definition) is 2. The first-order valence-corrected chi connectivity index (χ1v) is 6.59. The number of hydrogen-bond acceptors (Lipinski definition) is 2. The first-order valence-electron chi connectivity index (χ1n) is 5.51. The van der Waals surface area contributed by atoms with Crippen molar-refractivity contribution in [2.45, 2.75) is 31.7 Å². The first kappa shape index (κ1) is 11.4. The van der Waals surface area contributed by atoms with Crippen LogP contribution in [0.5, 0.6) is 0 Å². The van der Waals surface area contributed by atoms with Crippen LogP contribution < -0.4 is 11.3 Å². The maximum absolute atomic E-state index is 5.60. The summed E-state index contributed by atoms with van der Waals surface area (Å²) in [7, 11) is 0. The quantitative estimate of drug-likeness (QED) is 0.498. The van der Waals surface area contributed by atoms with Crippen molar-refractivity contribution in [2.24, 2.45) is 11.8 Å². The molecule has 1 aliphatic carbocycles. The summed E-state index contributed by atoms with van der Waals surface area (Å²) in [5.41, 5.74) is 4.22. The zero-order valence-electron chi connectivity index (χ0n) is 8.75. The number of benzene rings is 1. The number of hydrazine groups is 1. The molecule has 3 heteroatoms. The van der Waals surface area contributed by atoms with E-state index in [-0.39, 0.29) is 0 Å². The highest BCUT2D eigenvalue weighted by Crippen LogP contribution is 2.35. The highest BCUT2D eigenvalue weighted by molar-refractivity contribution is 14.1. The molecule has 0 radical (unpaired) electrons. The maximum atomic E-state index is 5.60. The summed E-state index contributed by atoms with van der Waals surface area (Å²) < 4.78 is 1.27. The molecule has 1 atom stereocenters. The van der Waals surface area contributed by atoms with Crippen LogP contribution in [-0.4, -0.2) is 0 Å². The fourth-order valence-corrected chi connectivity index (χ4v) is 2.21. The van der Waals surface area contributed by atoms with E-state index in [4.69, 9.17) is 5.84 Å². The Kier molecular flexibility index (Phi) is 3.99. The van der Waals surface area contributed by atoms with Gasteiger partial charge in [-0.2, -0.15) is 0 Å². The zero-order chi connectivity index (χ0) is 10.7. The Morgan fingerprint density at radius 2 is 2.00 bits per heavy atom. The van der Waals surface area contributed by atoms with Gasteiger partial charge in [-0.15, -0.1) is 0 Å². The van der Waals surface area contributed by atoms with Gasteiger partial charge in [0.15, 0.2) is 0 Å². The van der Waals surface area contributed by atoms with Gasteiger partial charge >= 0.3 is 0 Å². The highest BCUT2D eigenvalue weighted by Gasteiger charge is 2.22. The second kappa shape index (κ2) is 5.27. The van der Waals surface area contributed by atoms with E-state index in [9.17, 15) is 0 Å². The largest absolute Gasteiger partial charge is 0.271 e. The van der Waals surface area contributed by atoms with Crippen molar-refractivity contribution < 1.29 is 0 Å². The zero-order valence-corrected chi connectivity index (χ0v) is 10.9. The molecule has 0 aliphatic heterocycles. The molecule has 2 rings (SSSR count). The Labute approximate surface area is 105 Å². The van der Waals surface area contributed by atoms with Crippen LogP contribution in [0.4, 0.5) is 0 Å². The molecule has 1 saturated carbocycles. The smallest absolute Gasteiger partial charge is 0.0460 e. The van der Waals surface area contributed by atoms with Gasteiger partial charge in [-0.25, -0.2) is 0 Å². The van der Waals surface area contributed by atoms with Crippen molar-refractivity contribution in [3.8, 4) is 0 Å². The van der Waals surface area contributed by atoms with Gasteiger partial charge in [-0.3, -0.25) is 11.3 Å². The van der Waals surface area contributed by atoms with E-state index in [2.05, 4.69) is 52.3 Å². The molecule has 2 nitrogen and oxygen atoms in total. The van der Waals surface area contributed by atoms with Crippen LogP contribution in [0.3, 0.4) is 0 Å². The highest BCUT2D eigenvalue weighted by atomic mass is 127. The van der Waals surface area contributed by atoms with Gasteiger partial charge < -0.3 is 0 Å². The van der Waals surface area contributed by atoms with E-state index < -0.39 is 0 Å². The van der Waals surface area contributed by atoms with Gasteiger partial charge in [-0.05, 0) is 59.0 Å². The molecule has 1 fully saturated rings. The molecule has 0 saturated heterocycles. The summed E-state index contributed by atoms with van der Waals surface area (Å²) >= 11 is 2.32. The van der Waals surface area contributed by atoms with Gasteiger partial charge in [0.2, 0.25) is 0 Å². The molecule has 0 aromatic heterocycles. The molecule has 82 valence electrons. The lowest BCUT2D eigenvalue weighted by atomic mass is 10.0. The average Bonchev–Trinajstić information content (AvgIpc) is 3.05. The van der Waals surface area contributed by atoms with Crippen LogP contribution >= 0.6 is 22.6 Å². The average molecular weight is 316 g/mol. The van der Waals surface area contributed by atoms with E-state index >= 15 is 0 Å². The number of halogens is 1. The first-order chi connectivity index (χ1) is 7.29. The summed E-state index contributed by atoms with van der Waals surface area (Å²) in [5.74, 6) is 6.57. The number of nitrogens with one attached hydrogen (secondary N) is 1. The minimum atomic E-state index is 0.322. The third-order valence-corrected chi connectivity index (χ3v) is 3.75. The fraction of sp³-hybridized carbons (Fsp3) is 0.500. The normalized spacial score (nSPS) is 17.7. The molecular weight excluding hydrogens is 299 g/mol. The Morgan fingerprint density at radius 3 is 2.53 bits per heavy atom. The van der Waals surface area contributed by atoms with Crippen LogP contribution in [0.2, 0.25) is 0 Å². The molecule has 1 aromatic carbocycles. The van der Waals surface area contributed by atoms with Gasteiger partial charge in [0, 0.05) is 9.61 Å². The Balaban J connectivity index is 1.94. The topological polar surface area (TPSA) is 38.0 Å². The van der Waals surface area contributed by atoms with Crippen molar-refractivity contribution in [1.82, 2.24) is 5.43 Å². The SMILES string of the molecule is NNC(CCC1CC1)c1ccc(I)cc1. The molecule has 0 heterocycles. The molecule has 1 unspecified atom stereocenters. The molecule has 15 heavy (non-hydrogen) atoms. The summed E-state index contributed by atoms with van der Waals surface area (Å²) in [6.45, 7) is 0. The lowest BCUT2D eigenvalue weighted by Gasteiger charge is -2.16. The molecule has 3 N–H and O–H groups in total. The van der Waals surface area contributed by atoms with E-state index in [1.165, 1.54) is 28.4 Å². The molecule has 1 aliphatic rings. The van der Waals surface area contributed by atoms with Gasteiger partial charge in [0.25, 0.3) is 0 Å². The fourth-order valence-electron chi connectivity index (χ4n) is 1.85. The third kappa shape index (κ3) is 3.43. The molecule has 1 aromatic rings.